The molecule has 0 spiro atoms. The van der Waals surface area contributed by atoms with E-state index in [4.69, 9.17) is 25.6 Å². The molecule has 0 aliphatic carbocycles. The van der Waals surface area contributed by atoms with E-state index >= 15 is 0 Å². The minimum Gasteiger partial charge on any atom is -0.449 e. The van der Waals surface area contributed by atoms with E-state index in [2.05, 4.69) is 0 Å². The minimum atomic E-state index is -2.85. The largest absolute Gasteiger partial charge is 0.449 e. The summed E-state index contributed by atoms with van der Waals surface area (Å²) in [5.41, 5.74) is 0.624. The number of nitrogens with zero attached hydrogens (tertiary/aromatic N) is 1. The summed E-state index contributed by atoms with van der Waals surface area (Å²) in [7, 11) is 0. The van der Waals surface area contributed by atoms with Crippen molar-refractivity contribution in [2.75, 3.05) is 17.9 Å². The number of rotatable bonds is 3. The minimum absolute atomic E-state index is 0.119. The van der Waals surface area contributed by atoms with Crippen LogP contribution in [0.5, 0.6) is 0 Å². The molecule has 2 rings (SSSR count). The number of para-hydroxylation sites is 1. The highest BCUT2D eigenvalue weighted by Crippen LogP contribution is 2.59. The van der Waals surface area contributed by atoms with Crippen molar-refractivity contribution in [2.24, 2.45) is 0 Å². The Morgan fingerprint density at radius 1 is 1.53 bits per heavy atom. The first-order valence-electron chi connectivity index (χ1n) is 6.02. The van der Waals surface area contributed by atoms with Crippen LogP contribution in [0.2, 0.25) is 0 Å². The molecule has 104 valence electrons. The number of carbonyl (C=O) groups excluding carboxylic acids is 1. The maximum atomic E-state index is 12.1. The van der Waals surface area contributed by atoms with Crippen LogP contribution in [0, 0.1) is 0 Å². The Kier molecular flexibility index (Phi) is 4.58. The molecule has 2 atom stereocenters. The van der Waals surface area contributed by atoms with Crippen LogP contribution < -0.4 is 4.67 Å². The third-order valence-corrected chi connectivity index (χ3v) is 5.52. The van der Waals surface area contributed by atoms with Crippen LogP contribution in [0.25, 0.3) is 0 Å². The van der Waals surface area contributed by atoms with E-state index in [1.165, 1.54) is 4.67 Å². The number of carbonyl (C=O) groups is 1. The summed E-state index contributed by atoms with van der Waals surface area (Å²) in [6.07, 6.45) is -0.655. The van der Waals surface area contributed by atoms with Crippen molar-refractivity contribution in [1.29, 1.82) is 0 Å². The Morgan fingerprint density at radius 2 is 2.21 bits per heavy atom. The molecule has 0 unspecified atom stereocenters. The Hall–Kier alpha value is -0.940. The third-order valence-electron chi connectivity index (χ3n) is 2.47. The number of ether oxygens (including phenoxy) is 1. The standard InChI is InChI=1S/C12H16NO4PS/c1-3-15-12(14)13(11-7-5-4-6-8-11)18(19)16-9-10(2)17-18/h4-8,10H,3,9H2,1-2H3/t10-,18+/m1/s1. The number of hydrogen-bond donors (Lipinski definition) is 0. The van der Waals surface area contributed by atoms with E-state index in [1.54, 1.807) is 19.1 Å². The molecule has 1 aromatic rings. The van der Waals surface area contributed by atoms with Gasteiger partial charge in [0.15, 0.2) is 0 Å². The second-order valence-corrected chi connectivity index (χ2v) is 7.22. The highest BCUT2D eigenvalue weighted by atomic mass is 32.5. The maximum Gasteiger partial charge on any atom is 0.421 e. The molecule has 0 N–H and O–H groups in total. The van der Waals surface area contributed by atoms with Gasteiger partial charge in [-0.1, -0.05) is 18.2 Å². The van der Waals surface area contributed by atoms with Gasteiger partial charge in [-0.3, -0.25) is 0 Å². The fourth-order valence-electron chi connectivity index (χ4n) is 1.69. The van der Waals surface area contributed by atoms with Crippen LogP contribution in [0.1, 0.15) is 13.8 Å². The molecule has 1 saturated heterocycles. The zero-order valence-electron chi connectivity index (χ0n) is 10.8. The number of anilines is 1. The average Bonchev–Trinajstić information content (AvgIpc) is 2.71. The van der Waals surface area contributed by atoms with Gasteiger partial charge in [-0.2, -0.15) is 0 Å². The Morgan fingerprint density at radius 3 is 2.74 bits per heavy atom. The molecule has 1 aliphatic rings. The zero-order valence-corrected chi connectivity index (χ0v) is 12.5. The van der Waals surface area contributed by atoms with Gasteiger partial charge in [0.1, 0.15) is 0 Å². The van der Waals surface area contributed by atoms with Crippen LogP contribution in [-0.4, -0.2) is 25.4 Å². The molecule has 1 aromatic carbocycles. The lowest BCUT2D eigenvalue weighted by Gasteiger charge is -2.28. The van der Waals surface area contributed by atoms with Crippen molar-refractivity contribution in [2.45, 2.75) is 20.0 Å². The van der Waals surface area contributed by atoms with Gasteiger partial charge in [0.2, 0.25) is 0 Å². The van der Waals surface area contributed by atoms with Gasteiger partial charge in [-0.15, -0.1) is 0 Å². The topological polar surface area (TPSA) is 48.0 Å². The van der Waals surface area contributed by atoms with Crippen LogP contribution in [0.15, 0.2) is 30.3 Å². The van der Waals surface area contributed by atoms with Gasteiger partial charge in [0.25, 0.3) is 6.64 Å². The Labute approximate surface area is 117 Å². The molecule has 0 radical (unpaired) electrons. The average molecular weight is 301 g/mol. The SMILES string of the molecule is CCOC(=O)N(c1ccccc1)[P@]1(=S)OC[C@@H](C)O1. The monoisotopic (exact) mass is 301 g/mol. The first kappa shape index (κ1) is 14.5. The lowest BCUT2D eigenvalue weighted by Crippen LogP contribution is -2.28. The molecule has 1 heterocycles. The number of benzene rings is 1. The predicted octanol–water partition coefficient (Wildman–Crippen LogP) is 3.31. The molecule has 5 nitrogen and oxygen atoms in total. The van der Waals surface area contributed by atoms with Gasteiger partial charge >= 0.3 is 6.09 Å². The summed E-state index contributed by atoms with van der Waals surface area (Å²) in [5.74, 6) is 0. The lowest BCUT2D eigenvalue weighted by molar-refractivity contribution is 0.163. The van der Waals surface area contributed by atoms with Gasteiger partial charge in [0, 0.05) is 0 Å². The molecule has 0 saturated carbocycles. The molecular formula is C12H16NO4PS. The predicted molar refractivity (Wildman–Crippen MR) is 76.7 cm³/mol. The summed E-state index contributed by atoms with van der Waals surface area (Å²) in [6, 6.07) is 9.06. The van der Waals surface area contributed by atoms with Crippen molar-refractivity contribution < 1.29 is 18.6 Å². The van der Waals surface area contributed by atoms with Crippen molar-refractivity contribution >= 4 is 30.2 Å². The smallest absolute Gasteiger partial charge is 0.421 e. The molecule has 1 amide bonds. The van der Waals surface area contributed by atoms with Crippen LogP contribution in [0.4, 0.5) is 10.5 Å². The summed E-state index contributed by atoms with van der Waals surface area (Å²) < 4.78 is 17.6. The molecule has 1 fully saturated rings. The fraction of sp³-hybridized carbons (Fsp3) is 0.417. The Bertz CT molecular complexity index is 496. The van der Waals surface area contributed by atoms with E-state index in [9.17, 15) is 4.79 Å². The van der Waals surface area contributed by atoms with Gasteiger partial charge in [-0.05, 0) is 37.8 Å². The molecule has 19 heavy (non-hydrogen) atoms. The normalized spacial score (nSPS) is 26.1. The second-order valence-electron chi connectivity index (χ2n) is 4.03. The van der Waals surface area contributed by atoms with E-state index in [-0.39, 0.29) is 12.7 Å². The molecule has 7 heteroatoms. The number of hydrogen-bond acceptors (Lipinski definition) is 5. The highest BCUT2D eigenvalue weighted by molar-refractivity contribution is 8.11. The Balaban J connectivity index is 2.35. The molecule has 0 aromatic heterocycles. The summed E-state index contributed by atoms with van der Waals surface area (Å²) >= 11 is 5.43. The second kappa shape index (κ2) is 6.01. The van der Waals surface area contributed by atoms with E-state index < -0.39 is 12.7 Å². The third kappa shape index (κ3) is 3.15. The fourth-order valence-corrected chi connectivity index (χ4v) is 4.66. The van der Waals surface area contributed by atoms with Crippen LogP contribution >= 0.6 is 6.64 Å². The van der Waals surface area contributed by atoms with Crippen molar-refractivity contribution in [3.05, 3.63) is 30.3 Å². The maximum absolute atomic E-state index is 12.1. The van der Waals surface area contributed by atoms with E-state index in [1.807, 2.05) is 25.1 Å². The lowest BCUT2D eigenvalue weighted by atomic mass is 10.3. The first-order chi connectivity index (χ1) is 9.07. The highest BCUT2D eigenvalue weighted by Gasteiger charge is 2.41. The quantitative estimate of drug-likeness (QED) is 0.802. The van der Waals surface area contributed by atoms with Crippen LogP contribution in [0.3, 0.4) is 0 Å². The summed E-state index contributed by atoms with van der Waals surface area (Å²) in [6.45, 7) is 1.42. The van der Waals surface area contributed by atoms with Crippen molar-refractivity contribution in [3.63, 3.8) is 0 Å². The summed E-state index contributed by atoms with van der Waals surface area (Å²) in [4.78, 5) is 12.1. The summed E-state index contributed by atoms with van der Waals surface area (Å²) in [5, 5.41) is 0. The molecule has 0 bridgehead atoms. The van der Waals surface area contributed by atoms with Gasteiger partial charge in [-0.25, -0.2) is 9.46 Å². The van der Waals surface area contributed by atoms with Crippen LogP contribution in [-0.2, 0) is 25.6 Å². The van der Waals surface area contributed by atoms with Crippen molar-refractivity contribution in [1.82, 2.24) is 0 Å². The number of amides is 1. The van der Waals surface area contributed by atoms with Crippen molar-refractivity contribution in [3.8, 4) is 0 Å². The molecule has 1 aliphatic heterocycles. The molecular weight excluding hydrogens is 285 g/mol. The van der Waals surface area contributed by atoms with Gasteiger partial charge in [0.05, 0.1) is 25.0 Å². The first-order valence-corrected chi connectivity index (χ1v) is 8.61. The zero-order chi connectivity index (χ0) is 13.9. The van der Waals surface area contributed by atoms with Gasteiger partial charge < -0.3 is 13.8 Å². The van der Waals surface area contributed by atoms with E-state index in [0.717, 1.165) is 0 Å². The van der Waals surface area contributed by atoms with E-state index in [0.29, 0.717) is 12.3 Å².